The van der Waals surface area contributed by atoms with Crippen molar-refractivity contribution in [3.05, 3.63) is 66.1 Å². The highest BCUT2D eigenvalue weighted by atomic mass is 16.5. The van der Waals surface area contributed by atoms with E-state index in [1.807, 2.05) is 61.5 Å². The van der Waals surface area contributed by atoms with Crippen molar-refractivity contribution in [2.24, 2.45) is 0 Å². The molecule has 2 aromatic carbocycles. The van der Waals surface area contributed by atoms with Crippen LogP contribution in [-0.4, -0.2) is 41.2 Å². The van der Waals surface area contributed by atoms with E-state index in [2.05, 4.69) is 10.2 Å². The number of para-hydroxylation sites is 1. The largest absolute Gasteiger partial charge is 0.492 e. The van der Waals surface area contributed by atoms with E-state index < -0.39 is 0 Å². The van der Waals surface area contributed by atoms with Crippen LogP contribution in [0.25, 0.3) is 11.5 Å². The number of carbonyl (C=O) groups excluding carboxylic acids is 1. The van der Waals surface area contributed by atoms with Gasteiger partial charge in [-0.1, -0.05) is 35.9 Å². The Hall–Kier alpha value is -3.15. The molecule has 6 heteroatoms. The van der Waals surface area contributed by atoms with Gasteiger partial charge >= 0.3 is 0 Å². The van der Waals surface area contributed by atoms with Crippen molar-refractivity contribution in [2.75, 3.05) is 20.2 Å². The number of likely N-dealkylation sites (N-methyl/N-ethyl adjacent to an activating group) is 1. The van der Waals surface area contributed by atoms with Crippen molar-refractivity contribution in [1.82, 2.24) is 15.1 Å². The first-order valence-electron chi connectivity index (χ1n) is 8.93. The van der Waals surface area contributed by atoms with E-state index in [4.69, 9.17) is 9.15 Å². The van der Waals surface area contributed by atoms with Gasteiger partial charge in [-0.05, 0) is 31.2 Å². The van der Waals surface area contributed by atoms with Crippen LogP contribution in [0.4, 0.5) is 0 Å². The first kappa shape index (κ1) is 18.6. The van der Waals surface area contributed by atoms with Crippen LogP contribution in [0, 0.1) is 6.92 Å². The second kappa shape index (κ2) is 8.98. The van der Waals surface area contributed by atoms with E-state index >= 15 is 0 Å². The van der Waals surface area contributed by atoms with Gasteiger partial charge in [0.2, 0.25) is 17.7 Å². The van der Waals surface area contributed by atoms with Gasteiger partial charge in [0.1, 0.15) is 12.4 Å². The van der Waals surface area contributed by atoms with E-state index in [9.17, 15) is 4.79 Å². The Balaban J connectivity index is 1.44. The van der Waals surface area contributed by atoms with Gasteiger partial charge in [0.05, 0.1) is 6.54 Å². The topological polar surface area (TPSA) is 68.5 Å². The zero-order valence-electron chi connectivity index (χ0n) is 15.6. The average molecular weight is 365 g/mol. The van der Waals surface area contributed by atoms with Gasteiger partial charge in [0, 0.05) is 25.5 Å². The standard InChI is InChI=1S/C21H23N3O3/c1-16-8-10-17(11-9-16)21-23-22-19(27-21)12-13-20(25)24(2)14-15-26-18-6-4-3-5-7-18/h3-11H,12-15H2,1-2H3. The molecule has 0 aliphatic rings. The van der Waals surface area contributed by atoms with Crippen molar-refractivity contribution in [1.29, 1.82) is 0 Å². The fraction of sp³-hybridized carbons (Fsp3) is 0.286. The molecule has 6 nitrogen and oxygen atoms in total. The first-order valence-corrected chi connectivity index (χ1v) is 8.93. The lowest BCUT2D eigenvalue weighted by atomic mass is 10.1. The van der Waals surface area contributed by atoms with Gasteiger partial charge in [-0.2, -0.15) is 0 Å². The SMILES string of the molecule is Cc1ccc(-c2nnc(CCC(=O)N(C)CCOc3ccccc3)o2)cc1. The molecule has 0 fully saturated rings. The monoisotopic (exact) mass is 365 g/mol. The molecule has 0 aliphatic heterocycles. The second-order valence-electron chi connectivity index (χ2n) is 6.34. The highest BCUT2D eigenvalue weighted by Gasteiger charge is 2.13. The number of aromatic nitrogens is 2. The zero-order valence-corrected chi connectivity index (χ0v) is 15.6. The van der Waals surface area contributed by atoms with Crippen molar-refractivity contribution in [3.8, 4) is 17.2 Å². The van der Waals surface area contributed by atoms with Crippen LogP contribution < -0.4 is 4.74 Å². The molecule has 0 bridgehead atoms. The number of ether oxygens (including phenoxy) is 1. The summed E-state index contributed by atoms with van der Waals surface area (Å²) in [4.78, 5) is 13.9. The van der Waals surface area contributed by atoms with Crippen LogP contribution in [0.3, 0.4) is 0 Å². The third kappa shape index (κ3) is 5.41. The maximum absolute atomic E-state index is 12.3. The highest BCUT2D eigenvalue weighted by molar-refractivity contribution is 5.76. The van der Waals surface area contributed by atoms with Crippen LogP contribution >= 0.6 is 0 Å². The summed E-state index contributed by atoms with van der Waals surface area (Å²) in [5.41, 5.74) is 2.05. The molecule has 0 spiro atoms. The predicted molar refractivity (Wildman–Crippen MR) is 102 cm³/mol. The number of amides is 1. The van der Waals surface area contributed by atoms with Crippen LogP contribution in [0.5, 0.6) is 5.75 Å². The molecule has 140 valence electrons. The molecule has 1 amide bonds. The number of carbonyl (C=O) groups is 1. The molecule has 0 atom stereocenters. The summed E-state index contributed by atoms with van der Waals surface area (Å²) in [5, 5.41) is 8.10. The van der Waals surface area contributed by atoms with E-state index in [-0.39, 0.29) is 5.91 Å². The molecular formula is C21H23N3O3. The summed E-state index contributed by atoms with van der Waals surface area (Å²) in [6, 6.07) is 17.4. The normalized spacial score (nSPS) is 10.6. The molecule has 0 aliphatic carbocycles. The smallest absolute Gasteiger partial charge is 0.247 e. The third-order valence-corrected chi connectivity index (χ3v) is 4.18. The van der Waals surface area contributed by atoms with Crippen molar-refractivity contribution in [2.45, 2.75) is 19.8 Å². The van der Waals surface area contributed by atoms with E-state index in [0.717, 1.165) is 11.3 Å². The number of hydrogen-bond acceptors (Lipinski definition) is 5. The third-order valence-electron chi connectivity index (χ3n) is 4.18. The molecule has 0 saturated carbocycles. The van der Waals surface area contributed by atoms with Crippen molar-refractivity contribution >= 4 is 5.91 Å². The molecule has 0 unspecified atom stereocenters. The molecule has 3 rings (SSSR count). The molecule has 27 heavy (non-hydrogen) atoms. The zero-order chi connectivity index (χ0) is 19.1. The number of nitrogens with zero attached hydrogens (tertiary/aromatic N) is 3. The van der Waals surface area contributed by atoms with Crippen LogP contribution in [-0.2, 0) is 11.2 Å². The molecule has 1 heterocycles. The maximum Gasteiger partial charge on any atom is 0.247 e. The fourth-order valence-electron chi connectivity index (χ4n) is 2.51. The fourth-order valence-corrected chi connectivity index (χ4v) is 2.51. The summed E-state index contributed by atoms with van der Waals surface area (Å²) in [7, 11) is 1.77. The van der Waals surface area contributed by atoms with Crippen LogP contribution in [0.2, 0.25) is 0 Å². The van der Waals surface area contributed by atoms with Gasteiger partial charge in [-0.25, -0.2) is 0 Å². The lowest BCUT2D eigenvalue weighted by Crippen LogP contribution is -2.31. The summed E-state index contributed by atoms with van der Waals surface area (Å²) in [6.07, 6.45) is 0.735. The Morgan fingerprint density at radius 1 is 1.07 bits per heavy atom. The van der Waals surface area contributed by atoms with Crippen LogP contribution in [0.15, 0.2) is 59.0 Å². The number of benzene rings is 2. The Labute approximate surface area is 158 Å². The Morgan fingerprint density at radius 3 is 2.56 bits per heavy atom. The summed E-state index contributed by atoms with van der Waals surface area (Å²) in [6.45, 7) is 2.99. The lowest BCUT2D eigenvalue weighted by Gasteiger charge is -2.17. The maximum atomic E-state index is 12.3. The average Bonchev–Trinajstić information content (AvgIpc) is 3.16. The summed E-state index contributed by atoms with van der Waals surface area (Å²) >= 11 is 0. The predicted octanol–water partition coefficient (Wildman–Crippen LogP) is 3.52. The second-order valence-corrected chi connectivity index (χ2v) is 6.34. The minimum absolute atomic E-state index is 0.0155. The van der Waals surface area contributed by atoms with E-state index in [1.165, 1.54) is 5.56 Å². The quantitative estimate of drug-likeness (QED) is 0.611. The number of rotatable bonds is 8. The Bertz CT molecular complexity index is 860. The van der Waals surface area contributed by atoms with E-state index in [1.54, 1.807) is 11.9 Å². The van der Waals surface area contributed by atoms with E-state index in [0.29, 0.717) is 37.8 Å². The van der Waals surface area contributed by atoms with Crippen LogP contribution in [0.1, 0.15) is 17.9 Å². The minimum Gasteiger partial charge on any atom is -0.492 e. The highest BCUT2D eigenvalue weighted by Crippen LogP contribution is 2.18. The Kier molecular flexibility index (Phi) is 6.20. The Morgan fingerprint density at radius 2 is 1.81 bits per heavy atom. The summed E-state index contributed by atoms with van der Waals surface area (Å²) < 4.78 is 11.3. The number of aryl methyl sites for hydroxylation is 2. The first-order chi connectivity index (χ1) is 13.1. The molecule has 1 aromatic heterocycles. The molecule has 0 radical (unpaired) electrons. The van der Waals surface area contributed by atoms with Gasteiger partial charge in [-0.3, -0.25) is 4.79 Å². The molecular weight excluding hydrogens is 342 g/mol. The lowest BCUT2D eigenvalue weighted by molar-refractivity contribution is -0.130. The molecule has 0 saturated heterocycles. The molecule has 0 N–H and O–H groups in total. The van der Waals surface area contributed by atoms with Gasteiger partial charge in [0.25, 0.3) is 0 Å². The summed E-state index contributed by atoms with van der Waals surface area (Å²) in [5.74, 6) is 1.75. The van der Waals surface area contributed by atoms with Gasteiger partial charge in [0.15, 0.2) is 0 Å². The number of hydrogen-bond donors (Lipinski definition) is 0. The minimum atomic E-state index is 0.0155. The van der Waals surface area contributed by atoms with Gasteiger partial charge < -0.3 is 14.1 Å². The van der Waals surface area contributed by atoms with Crippen molar-refractivity contribution in [3.63, 3.8) is 0 Å². The molecule has 3 aromatic rings. The van der Waals surface area contributed by atoms with Gasteiger partial charge in [-0.15, -0.1) is 10.2 Å². The van der Waals surface area contributed by atoms with Crippen molar-refractivity contribution < 1.29 is 13.9 Å².